The van der Waals surface area contributed by atoms with Gasteiger partial charge < -0.3 is 9.15 Å². The van der Waals surface area contributed by atoms with Gasteiger partial charge in [0.25, 0.3) is 0 Å². The number of aromatic nitrogens is 2. The first kappa shape index (κ1) is 21.3. The Labute approximate surface area is 187 Å². The summed E-state index contributed by atoms with van der Waals surface area (Å²) in [5.41, 5.74) is 7.26. The maximum absolute atomic E-state index is 6.05. The van der Waals surface area contributed by atoms with Crippen molar-refractivity contribution in [3.63, 3.8) is 0 Å². The van der Waals surface area contributed by atoms with Gasteiger partial charge >= 0.3 is 0 Å². The fourth-order valence-corrected chi connectivity index (χ4v) is 4.43. The molecular formula is C25H27N3O2S. The van der Waals surface area contributed by atoms with E-state index in [1.54, 1.807) is 18.4 Å². The second-order valence-corrected chi connectivity index (χ2v) is 8.64. The lowest BCUT2D eigenvalue weighted by Gasteiger charge is -2.21. The molecule has 0 radical (unpaired) electrons. The molecule has 2 aromatic heterocycles. The number of nitrogens with zero attached hydrogens (tertiary/aromatic N) is 3. The number of rotatable bonds is 8. The van der Waals surface area contributed by atoms with Crippen LogP contribution in [0, 0.1) is 20.8 Å². The van der Waals surface area contributed by atoms with Crippen LogP contribution < -0.4 is 4.74 Å². The van der Waals surface area contributed by atoms with Crippen molar-refractivity contribution >= 4 is 11.3 Å². The zero-order valence-electron chi connectivity index (χ0n) is 18.4. The summed E-state index contributed by atoms with van der Waals surface area (Å²) in [5.74, 6) is 2.36. The highest BCUT2D eigenvalue weighted by atomic mass is 32.1. The van der Waals surface area contributed by atoms with Crippen LogP contribution in [-0.2, 0) is 19.6 Å². The summed E-state index contributed by atoms with van der Waals surface area (Å²) in [4.78, 5) is 12.9. The summed E-state index contributed by atoms with van der Waals surface area (Å²) in [5, 5.41) is 0. The van der Waals surface area contributed by atoms with E-state index < -0.39 is 0 Å². The molecule has 0 atom stereocenters. The molecule has 5 nitrogen and oxygen atoms in total. The molecule has 0 spiro atoms. The molecule has 0 N–H and O–H groups in total. The van der Waals surface area contributed by atoms with Crippen molar-refractivity contribution in [1.82, 2.24) is 14.9 Å². The topological polar surface area (TPSA) is 51.4 Å². The van der Waals surface area contributed by atoms with E-state index in [-0.39, 0.29) is 0 Å². The van der Waals surface area contributed by atoms with E-state index in [0.29, 0.717) is 12.4 Å². The van der Waals surface area contributed by atoms with Crippen LogP contribution in [-0.4, -0.2) is 22.0 Å². The molecule has 0 aliphatic carbocycles. The molecule has 0 saturated carbocycles. The van der Waals surface area contributed by atoms with Crippen molar-refractivity contribution in [2.45, 2.75) is 40.4 Å². The Morgan fingerprint density at radius 2 is 1.81 bits per heavy atom. The van der Waals surface area contributed by atoms with Gasteiger partial charge in [-0.15, -0.1) is 11.3 Å². The molecule has 0 amide bonds. The van der Waals surface area contributed by atoms with Gasteiger partial charge in [0.2, 0.25) is 5.89 Å². The number of hydrogen-bond acceptors (Lipinski definition) is 6. The molecule has 0 aliphatic rings. The van der Waals surface area contributed by atoms with Crippen molar-refractivity contribution in [2.75, 3.05) is 7.11 Å². The normalized spacial score (nSPS) is 11.3. The van der Waals surface area contributed by atoms with E-state index >= 15 is 0 Å². The Bertz CT molecular complexity index is 1150. The maximum atomic E-state index is 6.05. The minimum absolute atomic E-state index is 0.645. The number of aryl methyl sites for hydroxylation is 3. The lowest BCUT2D eigenvalue weighted by atomic mass is 10.1. The van der Waals surface area contributed by atoms with Gasteiger partial charge in [0, 0.05) is 30.1 Å². The molecular weight excluding hydrogens is 406 g/mol. The standard InChI is InChI=1S/C25H27N3O2S/c1-17-12-21(10-11-23(17)29-4)25-27-22(19(3)30-25)14-28(13-20-8-6-5-7-9-20)15-24-18(2)26-16-31-24/h5-12,16H,13-15H2,1-4H3. The zero-order valence-corrected chi connectivity index (χ0v) is 19.2. The van der Waals surface area contributed by atoms with Gasteiger partial charge in [-0.1, -0.05) is 30.3 Å². The zero-order chi connectivity index (χ0) is 21.8. The Balaban J connectivity index is 1.59. The fourth-order valence-electron chi connectivity index (χ4n) is 3.61. The largest absolute Gasteiger partial charge is 0.496 e. The molecule has 0 aliphatic heterocycles. The van der Waals surface area contributed by atoms with Crippen LogP contribution >= 0.6 is 11.3 Å². The van der Waals surface area contributed by atoms with Crippen LogP contribution in [0.3, 0.4) is 0 Å². The van der Waals surface area contributed by atoms with Gasteiger partial charge in [0.15, 0.2) is 0 Å². The van der Waals surface area contributed by atoms with Crippen molar-refractivity contribution in [3.8, 4) is 17.2 Å². The van der Waals surface area contributed by atoms with Crippen molar-refractivity contribution in [1.29, 1.82) is 0 Å². The first-order valence-corrected chi connectivity index (χ1v) is 11.2. The Kier molecular flexibility index (Phi) is 6.49. The van der Waals surface area contributed by atoms with E-state index in [0.717, 1.165) is 47.1 Å². The predicted octanol–water partition coefficient (Wildman–Crippen LogP) is 5.93. The molecule has 4 aromatic rings. The van der Waals surface area contributed by atoms with Crippen molar-refractivity contribution in [2.24, 2.45) is 0 Å². The van der Waals surface area contributed by atoms with Crippen molar-refractivity contribution < 1.29 is 9.15 Å². The van der Waals surface area contributed by atoms with Crippen LogP contribution in [0.1, 0.15) is 33.2 Å². The third-order valence-electron chi connectivity index (χ3n) is 5.37. The van der Waals surface area contributed by atoms with Crippen LogP contribution in [0.4, 0.5) is 0 Å². The lowest BCUT2D eigenvalue weighted by molar-refractivity contribution is 0.245. The minimum atomic E-state index is 0.645. The number of ether oxygens (including phenoxy) is 1. The smallest absolute Gasteiger partial charge is 0.226 e. The van der Waals surface area contributed by atoms with Gasteiger partial charge in [-0.05, 0) is 50.1 Å². The number of thiazole rings is 1. The van der Waals surface area contributed by atoms with Crippen LogP contribution in [0.15, 0.2) is 58.5 Å². The molecule has 0 saturated heterocycles. The average molecular weight is 434 g/mol. The van der Waals surface area contributed by atoms with E-state index in [4.69, 9.17) is 14.1 Å². The molecule has 6 heteroatoms. The van der Waals surface area contributed by atoms with Crippen LogP contribution in [0.5, 0.6) is 5.75 Å². The van der Waals surface area contributed by atoms with E-state index in [1.807, 2.05) is 37.6 Å². The molecule has 160 valence electrons. The fraction of sp³-hybridized carbons (Fsp3) is 0.280. The summed E-state index contributed by atoms with van der Waals surface area (Å²) < 4.78 is 11.4. The molecule has 0 bridgehead atoms. The monoisotopic (exact) mass is 433 g/mol. The summed E-state index contributed by atoms with van der Waals surface area (Å²) in [7, 11) is 1.68. The molecule has 4 rings (SSSR count). The lowest BCUT2D eigenvalue weighted by Crippen LogP contribution is -2.23. The van der Waals surface area contributed by atoms with E-state index in [1.165, 1.54) is 10.4 Å². The molecule has 2 heterocycles. The average Bonchev–Trinajstić information content (AvgIpc) is 3.34. The third kappa shape index (κ3) is 5.03. The first-order chi connectivity index (χ1) is 15.0. The van der Waals surface area contributed by atoms with Gasteiger partial charge in [-0.2, -0.15) is 0 Å². The molecule has 31 heavy (non-hydrogen) atoms. The highest BCUT2D eigenvalue weighted by molar-refractivity contribution is 7.09. The SMILES string of the molecule is COc1ccc(-c2nc(CN(Cc3ccccc3)Cc3scnc3C)c(C)o2)cc1C. The molecule has 2 aromatic carbocycles. The molecule has 0 unspecified atom stereocenters. The van der Waals surface area contributed by atoms with Gasteiger partial charge in [-0.25, -0.2) is 9.97 Å². The van der Waals surface area contributed by atoms with E-state index in [2.05, 4.69) is 47.1 Å². The number of methoxy groups -OCH3 is 1. The third-order valence-corrected chi connectivity index (χ3v) is 6.29. The second-order valence-electron chi connectivity index (χ2n) is 7.70. The highest BCUT2D eigenvalue weighted by Gasteiger charge is 2.18. The van der Waals surface area contributed by atoms with Gasteiger partial charge in [0.05, 0.1) is 24.0 Å². The van der Waals surface area contributed by atoms with Gasteiger partial charge in [-0.3, -0.25) is 4.90 Å². The summed E-state index contributed by atoms with van der Waals surface area (Å²) in [6.07, 6.45) is 0. The van der Waals surface area contributed by atoms with Crippen molar-refractivity contribution in [3.05, 3.63) is 87.2 Å². The maximum Gasteiger partial charge on any atom is 0.226 e. The molecule has 0 fully saturated rings. The van der Waals surface area contributed by atoms with Gasteiger partial charge in [0.1, 0.15) is 11.5 Å². The first-order valence-electron chi connectivity index (χ1n) is 10.3. The second kappa shape index (κ2) is 9.45. The summed E-state index contributed by atoms with van der Waals surface area (Å²) >= 11 is 1.70. The predicted molar refractivity (Wildman–Crippen MR) is 124 cm³/mol. The van der Waals surface area contributed by atoms with Crippen LogP contribution in [0.2, 0.25) is 0 Å². The number of oxazole rings is 1. The highest BCUT2D eigenvalue weighted by Crippen LogP contribution is 2.28. The Morgan fingerprint density at radius 1 is 1.00 bits per heavy atom. The Hall–Kier alpha value is -2.96. The quantitative estimate of drug-likeness (QED) is 0.344. The minimum Gasteiger partial charge on any atom is -0.496 e. The number of hydrogen-bond donors (Lipinski definition) is 0. The summed E-state index contributed by atoms with van der Waals surface area (Å²) in [6, 6.07) is 16.5. The van der Waals surface area contributed by atoms with E-state index in [9.17, 15) is 0 Å². The summed E-state index contributed by atoms with van der Waals surface area (Å²) in [6.45, 7) is 8.45. The number of benzene rings is 2. The van der Waals surface area contributed by atoms with Crippen LogP contribution in [0.25, 0.3) is 11.5 Å². The Morgan fingerprint density at radius 3 is 2.48 bits per heavy atom.